The first-order chi connectivity index (χ1) is 10.7. The fraction of sp³-hybridized carbons (Fsp3) is 0.600. The Bertz CT molecular complexity index is 640. The summed E-state index contributed by atoms with van der Waals surface area (Å²) < 4.78 is 37.5. The maximum atomic E-state index is 12.5. The fourth-order valence-corrected chi connectivity index (χ4v) is 2.70. The summed E-state index contributed by atoms with van der Waals surface area (Å²) in [5, 5.41) is 0. The van der Waals surface area contributed by atoms with Gasteiger partial charge < -0.3 is 9.88 Å². The van der Waals surface area contributed by atoms with Crippen LogP contribution in [0.2, 0.25) is 0 Å². The van der Waals surface area contributed by atoms with Crippen molar-refractivity contribution in [3.8, 4) is 0 Å². The van der Waals surface area contributed by atoms with Crippen LogP contribution in [0, 0.1) is 13.8 Å². The van der Waals surface area contributed by atoms with Crippen molar-refractivity contribution in [2.45, 2.75) is 33.0 Å². The summed E-state index contributed by atoms with van der Waals surface area (Å²) in [6.45, 7) is 4.97. The van der Waals surface area contributed by atoms with E-state index in [-0.39, 0.29) is 18.5 Å². The first-order valence-corrected chi connectivity index (χ1v) is 7.46. The van der Waals surface area contributed by atoms with Crippen molar-refractivity contribution in [2.75, 3.05) is 26.2 Å². The van der Waals surface area contributed by atoms with E-state index in [0.717, 1.165) is 10.6 Å². The highest BCUT2D eigenvalue weighted by atomic mass is 19.4. The Morgan fingerprint density at radius 1 is 1.22 bits per heavy atom. The second kappa shape index (κ2) is 6.74. The Hall–Kier alpha value is -1.83. The highest BCUT2D eigenvalue weighted by Gasteiger charge is 2.42. The molecule has 0 radical (unpaired) electrons. The number of amides is 1. The van der Waals surface area contributed by atoms with E-state index in [1.165, 1.54) is 0 Å². The van der Waals surface area contributed by atoms with Crippen molar-refractivity contribution in [3.63, 3.8) is 0 Å². The van der Waals surface area contributed by atoms with Crippen molar-refractivity contribution in [1.29, 1.82) is 0 Å². The van der Waals surface area contributed by atoms with Gasteiger partial charge in [-0.1, -0.05) is 0 Å². The van der Waals surface area contributed by atoms with Crippen molar-refractivity contribution in [1.82, 2.24) is 14.8 Å². The lowest BCUT2D eigenvalue weighted by atomic mass is 10.1. The van der Waals surface area contributed by atoms with Crippen LogP contribution in [0.5, 0.6) is 0 Å². The molecular weight excluding hydrogens is 311 g/mol. The van der Waals surface area contributed by atoms with Gasteiger partial charge in [0.1, 0.15) is 0 Å². The average Bonchev–Trinajstić information content (AvgIpc) is 2.71. The number of hydrogen-bond acceptors (Lipinski definition) is 3. The predicted molar refractivity (Wildman–Crippen MR) is 79.1 cm³/mol. The molecule has 5 nitrogen and oxygen atoms in total. The molecule has 0 aliphatic carbocycles. The third-order valence-electron chi connectivity index (χ3n) is 4.11. The van der Waals surface area contributed by atoms with Gasteiger partial charge in [-0.3, -0.25) is 14.5 Å². The second-order valence-electron chi connectivity index (χ2n) is 5.82. The molecule has 2 rings (SSSR count). The third-order valence-corrected chi connectivity index (χ3v) is 4.11. The summed E-state index contributed by atoms with van der Waals surface area (Å²) in [5.41, 5.74) is 1.99. The molecule has 1 N–H and O–H groups in total. The minimum absolute atomic E-state index is 0.0255. The van der Waals surface area contributed by atoms with Crippen LogP contribution in [0.3, 0.4) is 0 Å². The Labute approximate surface area is 132 Å². The summed E-state index contributed by atoms with van der Waals surface area (Å²) in [7, 11) is 0. The van der Waals surface area contributed by atoms with Crippen LogP contribution in [-0.2, 0) is 11.3 Å². The van der Waals surface area contributed by atoms with E-state index < -0.39 is 12.1 Å². The molecule has 1 aliphatic heterocycles. The standard InChI is InChI=1S/C15H20F3N3O2/c1-10-8-19-12(11(2)13(10)22)9-20-4-3-5-21(7-6-20)14(23)15(16,17)18/h8H,3-7,9H2,1-2H3,(H,19,22). The molecule has 128 valence electrons. The SMILES string of the molecule is Cc1c[nH]c(CN2CCCN(C(=O)C(F)(F)F)CC2)c(C)c1=O. The van der Waals surface area contributed by atoms with E-state index in [1.54, 1.807) is 20.0 Å². The Morgan fingerprint density at radius 3 is 2.57 bits per heavy atom. The molecule has 1 saturated heterocycles. The van der Waals surface area contributed by atoms with Crippen LogP contribution in [0.4, 0.5) is 13.2 Å². The zero-order valence-corrected chi connectivity index (χ0v) is 13.2. The number of pyridine rings is 1. The Morgan fingerprint density at radius 2 is 1.91 bits per heavy atom. The van der Waals surface area contributed by atoms with Crippen LogP contribution in [0.15, 0.2) is 11.0 Å². The van der Waals surface area contributed by atoms with E-state index >= 15 is 0 Å². The number of aromatic amines is 1. The van der Waals surface area contributed by atoms with Gasteiger partial charge in [-0.05, 0) is 20.3 Å². The molecule has 0 unspecified atom stereocenters. The highest BCUT2D eigenvalue weighted by Crippen LogP contribution is 2.20. The lowest BCUT2D eigenvalue weighted by molar-refractivity contribution is -0.185. The largest absolute Gasteiger partial charge is 0.471 e. The van der Waals surface area contributed by atoms with Gasteiger partial charge in [0.05, 0.1) is 0 Å². The average molecular weight is 331 g/mol. The third kappa shape index (κ3) is 4.13. The molecule has 1 aliphatic rings. The molecule has 0 aromatic carbocycles. The number of carbonyl (C=O) groups excluding carboxylic acids is 1. The summed E-state index contributed by atoms with van der Waals surface area (Å²) in [4.78, 5) is 29.1. The molecule has 1 aromatic heterocycles. The number of aromatic nitrogens is 1. The number of hydrogen-bond donors (Lipinski definition) is 1. The lowest BCUT2D eigenvalue weighted by Crippen LogP contribution is -2.43. The number of nitrogens with zero attached hydrogens (tertiary/aromatic N) is 2. The van der Waals surface area contributed by atoms with Crippen LogP contribution >= 0.6 is 0 Å². The number of halogens is 3. The normalized spacial score (nSPS) is 17.2. The van der Waals surface area contributed by atoms with E-state index in [2.05, 4.69) is 4.98 Å². The Kier molecular flexibility index (Phi) is 5.13. The molecule has 8 heteroatoms. The summed E-state index contributed by atoms with van der Waals surface area (Å²) in [6, 6.07) is 0. The van der Waals surface area contributed by atoms with Crippen molar-refractivity contribution >= 4 is 5.91 Å². The van der Waals surface area contributed by atoms with Gasteiger partial charge >= 0.3 is 12.1 Å². The zero-order chi connectivity index (χ0) is 17.2. The maximum absolute atomic E-state index is 12.5. The molecule has 0 saturated carbocycles. The maximum Gasteiger partial charge on any atom is 0.471 e. The summed E-state index contributed by atoms with van der Waals surface area (Å²) >= 11 is 0. The Balaban J connectivity index is 2.03. The summed E-state index contributed by atoms with van der Waals surface area (Å²) in [5.74, 6) is -1.78. The fourth-order valence-electron chi connectivity index (χ4n) is 2.70. The van der Waals surface area contributed by atoms with Gasteiger partial charge in [0, 0.05) is 55.7 Å². The molecule has 0 atom stereocenters. The van der Waals surface area contributed by atoms with Crippen LogP contribution < -0.4 is 5.43 Å². The first-order valence-electron chi connectivity index (χ1n) is 7.46. The van der Waals surface area contributed by atoms with Crippen LogP contribution in [-0.4, -0.2) is 53.0 Å². The minimum atomic E-state index is -4.83. The van der Waals surface area contributed by atoms with Crippen molar-refractivity contribution in [2.24, 2.45) is 0 Å². The van der Waals surface area contributed by atoms with Gasteiger partial charge in [0.2, 0.25) is 0 Å². The zero-order valence-electron chi connectivity index (χ0n) is 13.2. The number of aryl methyl sites for hydroxylation is 1. The van der Waals surface area contributed by atoms with E-state index in [9.17, 15) is 22.8 Å². The number of carbonyl (C=O) groups is 1. The van der Waals surface area contributed by atoms with E-state index in [1.807, 2.05) is 4.90 Å². The lowest BCUT2D eigenvalue weighted by Gasteiger charge is -2.23. The number of rotatable bonds is 2. The first kappa shape index (κ1) is 17.5. The quantitative estimate of drug-likeness (QED) is 0.895. The monoisotopic (exact) mass is 331 g/mol. The topological polar surface area (TPSA) is 56.4 Å². The summed E-state index contributed by atoms with van der Waals surface area (Å²) in [6.07, 6.45) is -2.72. The molecule has 1 aromatic rings. The van der Waals surface area contributed by atoms with E-state index in [4.69, 9.17) is 0 Å². The molecule has 0 bridgehead atoms. The van der Waals surface area contributed by atoms with Gasteiger partial charge in [-0.2, -0.15) is 13.2 Å². The predicted octanol–water partition coefficient (Wildman–Crippen LogP) is 1.59. The number of nitrogens with one attached hydrogen (secondary N) is 1. The van der Waals surface area contributed by atoms with Gasteiger partial charge in [0.15, 0.2) is 5.43 Å². The number of H-pyrrole nitrogens is 1. The molecule has 2 heterocycles. The van der Waals surface area contributed by atoms with Crippen LogP contribution in [0.1, 0.15) is 23.2 Å². The molecule has 1 fully saturated rings. The molecule has 1 amide bonds. The van der Waals surface area contributed by atoms with Crippen molar-refractivity contribution in [3.05, 3.63) is 33.2 Å². The molecular formula is C15H20F3N3O2. The van der Waals surface area contributed by atoms with Gasteiger partial charge in [-0.25, -0.2) is 0 Å². The van der Waals surface area contributed by atoms with Gasteiger partial charge in [0.25, 0.3) is 0 Å². The smallest absolute Gasteiger partial charge is 0.363 e. The van der Waals surface area contributed by atoms with Crippen molar-refractivity contribution < 1.29 is 18.0 Å². The van der Waals surface area contributed by atoms with E-state index in [0.29, 0.717) is 37.2 Å². The minimum Gasteiger partial charge on any atom is -0.363 e. The number of alkyl halides is 3. The molecule has 23 heavy (non-hydrogen) atoms. The van der Waals surface area contributed by atoms with Gasteiger partial charge in [-0.15, -0.1) is 0 Å². The molecule has 0 spiro atoms. The highest BCUT2D eigenvalue weighted by molar-refractivity contribution is 5.81. The van der Waals surface area contributed by atoms with Crippen LogP contribution in [0.25, 0.3) is 0 Å². The second-order valence-corrected chi connectivity index (χ2v) is 5.82.